The van der Waals surface area contributed by atoms with E-state index in [4.69, 9.17) is 4.74 Å². The molecule has 0 saturated carbocycles. The number of rotatable bonds is 4. The van der Waals surface area contributed by atoms with E-state index < -0.39 is 0 Å². The maximum atomic E-state index is 10.5. The second kappa shape index (κ2) is 5.27. The zero-order chi connectivity index (χ0) is 13.0. The maximum Gasteiger partial charge on any atom is 0.321 e. The number of ether oxygens (including phenoxy) is 1. The van der Waals surface area contributed by atoms with Gasteiger partial charge in [0.1, 0.15) is 5.75 Å². The van der Waals surface area contributed by atoms with Gasteiger partial charge in [0.2, 0.25) is 0 Å². The number of carbonyl (C=O) groups is 1. The van der Waals surface area contributed by atoms with E-state index in [-0.39, 0.29) is 6.01 Å². The Morgan fingerprint density at radius 3 is 2.56 bits per heavy atom. The number of hydrogen-bond donors (Lipinski definition) is 0. The maximum absolute atomic E-state index is 10.5. The lowest BCUT2D eigenvalue weighted by molar-refractivity contribution is 0.112. The van der Waals surface area contributed by atoms with Crippen LogP contribution in [0.3, 0.4) is 0 Å². The monoisotopic (exact) mass is 243 g/mol. The number of carbonyl (C=O) groups excluding carboxylic acids is 1. The molecule has 0 aliphatic carbocycles. The SMILES string of the molecule is CN(C)c1cccc(Oc2ncc(C=O)cn2)c1. The number of anilines is 1. The van der Waals surface area contributed by atoms with E-state index in [0.29, 0.717) is 17.6 Å². The molecule has 0 saturated heterocycles. The van der Waals surface area contributed by atoms with Crippen LogP contribution >= 0.6 is 0 Å². The average Bonchev–Trinajstić information content (AvgIpc) is 2.40. The summed E-state index contributed by atoms with van der Waals surface area (Å²) in [5.74, 6) is 0.653. The van der Waals surface area contributed by atoms with E-state index >= 15 is 0 Å². The van der Waals surface area contributed by atoms with Gasteiger partial charge in [-0.1, -0.05) is 6.07 Å². The molecule has 0 aliphatic rings. The standard InChI is InChI=1S/C13H13N3O2/c1-16(2)11-4-3-5-12(6-11)18-13-14-7-10(9-17)8-15-13/h3-9H,1-2H3. The lowest BCUT2D eigenvalue weighted by atomic mass is 10.3. The summed E-state index contributed by atoms with van der Waals surface area (Å²) >= 11 is 0. The van der Waals surface area contributed by atoms with E-state index in [2.05, 4.69) is 9.97 Å². The minimum atomic E-state index is 0.219. The third-order valence-corrected chi connectivity index (χ3v) is 2.33. The molecule has 18 heavy (non-hydrogen) atoms. The van der Waals surface area contributed by atoms with Crippen LogP contribution in [-0.2, 0) is 0 Å². The first-order valence-corrected chi connectivity index (χ1v) is 5.41. The summed E-state index contributed by atoms with van der Waals surface area (Å²) in [6, 6.07) is 7.80. The first-order valence-electron chi connectivity index (χ1n) is 5.41. The molecule has 1 heterocycles. The fraction of sp³-hybridized carbons (Fsp3) is 0.154. The Morgan fingerprint density at radius 1 is 1.22 bits per heavy atom. The second-order valence-corrected chi connectivity index (χ2v) is 3.91. The summed E-state index contributed by atoms with van der Waals surface area (Å²) < 4.78 is 5.50. The molecule has 0 bridgehead atoms. The third kappa shape index (κ3) is 2.82. The quantitative estimate of drug-likeness (QED) is 0.770. The smallest absolute Gasteiger partial charge is 0.321 e. The van der Waals surface area contributed by atoms with Crippen molar-refractivity contribution < 1.29 is 9.53 Å². The Kier molecular flexibility index (Phi) is 3.52. The molecule has 0 spiro atoms. The van der Waals surface area contributed by atoms with Crippen LogP contribution in [0.1, 0.15) is 10.4 Å². The van der Waals surface area contributed by atoms with Gasteiger partial charge >= 0.3 is 6.01 Å². The van der Waals surface area contributed by atoms with E-state index in [1.807, 2.05) is 43.3 Å². The van der Waals surface area contributed by atoms with Crippen molar-refractivity contribution in [3.63, 3.8) is 0 Å². The summed E-state index contributed by atoms with van der Waals surface area (Å²) in [4.78, 5) is 20.3. The summed E-state index contributed by atoms with van der Waals surface area (Å²) in [5, 5.41) is 0. The van der Waals surface area contributed by atoms with Crippen molar-refractivity contribution in [1.82, 2.24) is 9.97 Å². The fourth-order valence-corrected chi connectivity index (χ4v) is 1.37. The summed E-state index contributed by atoms with van der Waals surface area (Å²) in [7, 11) is 3.91. The molecule has 0 fully saturated rings. The zero-order valence-electron chi connectivity index (χ0n) is 10.2. The molecular formula is C13H13N3O2. The minimum absolute atomic E-state index is 0.219. The Bertz CT molecular complexity index is 538. The van der Waals surface area contributed by atoms with Crippen LogP contribution in [-0.4, -0.2) is 30.3 Å². The molecule has 1 aromatic heterocycles. The highest BCUT2D eigenvalue weighted by molar-refractivity contribution is 5.73. The number of hydrogen-bond acceptors (Lipinski definition) is 5. The van der Waals surface area contributed by atoms with Gasteiger partial charge in [-0.15, -0.1) is 0 Å². The second-order valence-electron chi connectivity index (χ2n) is 3.91. The molecule has 0 amide bonds. The predicted molar refractivity (Wildman–Crippen MR) is 68.3 cm³/mol. The largest absolute Gasteiger partial charge is 0.424 e. The number of aldehydes is 1. The molecular weight excluding hydrogens is 230 g/mol. The van der Waals surface area contributed by atoms with E-state index in [1.54, 1.807) is 0 Å². The Labute approximate surface area is 105 Å². The third-order valence-electron chi connectivity index (χ3n) is 2.33. The Morgan fingerprint density at radius 2 is 1.94 bits per heavy atom. The summed E-state index contributed by atoms with van der Waals surface area (Å²) in [5.41, 5.74) is 1.45. The molecule has 0 unspecified atom stereocenters. The van der Waals surface area contributed by atoms with Crippen LogP contribution in [0.15, 0.2) is 36.7 Å². The van der Waals surface area contributed by atoms with Gasteiger partial charge in [-0.3, -0.25) is 4.79 Å². The molecule has 2 rings (SSSR count). The van der Waals surface area contributed by atoms with Gasteiger partial charge in [0, 0.05) is 38.2 Å². The highest BCUT2D eigenvalue weighted by Gasteiger charge is 2.02. The van der Waals surface area contributed by atoms with Crippen LogP contribution in [0.25, 0.3) is 0 Å². The van der Waals surface area contributed by atoms with E-state index in [1.165, 1.54) is 12.4 Å². The van der Waals surface area contributed by atoms with Gasteiger partial charge in [0.15, 0.2) is 6.29 Å². The number of benzene rings is 1. The first-order chi connectivity index (χ1) is 8.69. The van der Waals surface area contributed by atoms with Gasteiger partial charge in [-0.05, 0) is 12.1 Å². The van der Waals surface area contributed by atoms with Crippen molar-refractivity contribution >= 4 is 12.0 Å². The summed E-state index contributed by atoms with van der Waals surface area (Å²) in [6.45, 7) is 0. The van der Waals surface area contributed by atoms with Crippen LogP contribution in [0.2, 0.25) is 0 Å². The van der Waals surface area contributed by atoms with Crippen molar-refractivity contribution in [3.05, 3.63) is 42.2 Å². The molecule has 2 aromatic rings. The first kappa shape index (κ1) is 12.0. The molecule has 0 atom stereocenters. The van der Waals surface area contributed by atoms with Crippen molar-refractivity contribution in [2.24, 2.45) is 0 Å². The average molecular weight is 243 g/mol. The summed E-state index contributed by atoms with van der Waals surface area (Å²) in [6.07, 6.45) is 3.53. The molecule has 5 nitrogen and oxygen atoms in total. The van der Waals surface area contributed by atoms with Crippen molar-refractivity contribution in [1.29, 1.82) is 0 Å². The van der Waals surface area contributed by atoms with Crippen molar-refractivity contribution in [2.45, 2.75) is 0 Å². The minimum Gasteiger partial charge on any atom is -0.424 e. The molecule has 92 valence electrons. The molecule has 0 radical (unpaired) electrons. The molecule has 0 N–H and O–H groups in total. The van der Waals surface area contributed by atoms with Crippen molar-refractivity contribution in [3.8, 4) is 11.8 Å². The Hall–Kier alpha value is -2.43. The van der Waals surface area contributed by atoms with Crippen LogP contribution in [0.4, 0.5) is 5.69 Å². The van der Waals surface area contributed by atoms with Gasteiger partial charge in [-0.25, -0.2) is 9.97 Å². The zero-order valence-corrected chi connectivity index (χ0v) is 10.2. The lowest BCUT2D eigenvalue weighted by Crippen LogP contribution is -2.08. The molecule has 1 aromatic carbocycles. The van der Waals surface area contributed by atoms with E-state index in [9.17, 15) is 4.79 Å². The number of nitrogens with zero attached hydrogens (tertiary/aromatic N) is 3. The van der Waals surface area contributed by atoms with Crippen LogP contribution in [0, 0.1) is 0 Å². The lowest BCUT2D eigenvalue weighted by Gasteiger charge is -2.13. The highest BCUT2D eigenvalue weighted by atomic mass is 16.5. The Balaban J connectivity index is 2.17. The predicted octanol–water partition coefficient (Wildman–Crippen LogP) is 2.15. The molecule has 0 aliphatic heterocycles. The van der Waals surface area contributed by atoms with Gasteiger partial charge in [0.05, 0.1) is 5.56 Å². The highest BCUT2D eigenvalue weighted by Crippen LogP contribution is 2.22. The number of aromatic nitrogens is 2. The van der Waals surface area contributed by atoms with E-state index in [0.717, 1.165) is 5.69 Å². The van der Waals surface area contributed by atoms with Crippen LogP contribution in [0.5, 0.6) is 11.8 Å². The van der Waals surface area contributed by atoms with Crippen LogP contribution < -0.4 is 9.64 Å². The normalized spacial score (nSPS) is 9.89. The van der Waals surface area contributed by atoms with Gasteiger partial charge < -0.3 is 9.64 Å². The molecule has 5 heteroatoms. The van der Waals surface area contributed by atoms with Gasteiger partial charge in [0.25, 0.3) is 0 Å². The fourth-order valence-electron chi connectivity index (χ4n) is 1.37. The topological polar surface area (TPSA) is 55.3 Å². The van der Waals surface area contributed by atoms with Gasteiger partial charge in [-0.2, -0.15) is 0 Å². The van der Waals surface area contributed by atoms with Crippen molar-refractivity contribution in [2.75, 3.05) is 19.0 Å².